The van der Waals surface area contributed by atoms with Crippen molar-refractivity contribution in [2.75, 3.05) is 5.32 Å². The van der Waals surface area contributed by atoms with Crippen molar-refractivity contribution in [1.29, 1.82) is 0 Å². The number of esters is 1. The second-order valence-electron chi connectivity index (χ2n) is 6.27. The summed E-state index contributed by atoms with van der Waals surface area (Å²) in [6.07, 6.45) is 1.17. The number of anilines is 1. The van der Waals surface area contributed by atoms with Crippen molar-refractivity contribution < 1.29 is 23.6 Å². The molecule has 0 saturated heterocycles. The molecule has 31 heavy (non-hydrogen) atoms. The molecule has 0 aliphatic carbocycles. The SMILES string of the molecule is CC(OC(=O)/C=C/c1ccccc1F)C(=O)Nc1nc(-c2cccc([N+](=O)[O-])c2)cs1. The van der Waals surface area contributed by atoms with Gasteiger partial charge in [-0.2, -0.15) is 0 Å². The van der Waals surface area contributed by atoms with Gasteiger partial charge in [0.25, 0.3) is 11.6 Å². The highest BCUT2D eigenvalue weighted by atomic mass is 32.1. The van der Waals surface area contributed by atoms with Crippen LogP contribution in [0.15, 0.2) is 60.0 Å². The predicted molar refractivity (Wildman–Crippen MR) is 114 cm³/mol. The molecule has 0 aliphatic rings. The number of benzene rings is 2. The molecule has 0 bridgehead atoms. The van der Waals surface area contributed by atoms with Crippen molar-refractivity contribution in [3.05, 3.63) is 81.5 Å². The number of hydrogen-bond donors (Lipinski definition) is 1. The number of thiazole rings is 1. The molecule has 1 N–H and O–H groups in total. The van der Waals surface area contributed by atoms with Gasteiger partial charge in [-0.15, -0.1) is 11.3 Å². The van der Waals surface area contributed by atoms with E-state index in [1.54, 1.807) is 23.6 Å². The summed E-state index contributed by atoms with van der Waals surface area (Å²) >= 11 is 1.12. The van der Waals surface area contributed by atoms with Gasteiger partial charge >= 0.3 is 5.97 Å². The van der Waals surface area contributed by atoms with Crippen molar-refractivity contribution in [2.24, 2.45) is 0 Å². The smallest absolute Gasteiger partial charge is 0.331 e. The van der Waals surface area contributed by atoms with E-state index >= 15 is 0 Å². The van der Waals surface area contributed by atoms with Crippen LogP contribution in [0, 0.1) is 15.9 Å². The number of hydrogen-bond acceptors (Lipinski definition) is 7. The molecule has 3 aromatic rings. The van der Waals surface area contributed by atoms with E-state index in [1.807, 2.05) is 0 Å². The van der Waals surface area contributed by atoms with Crippen LogP contribution in [0.3, 0.4) is 0 Å². The first-order chi connectivity index (χ1) is 14.8. The summed E-state index contributed by atoms with van der Waals surface area (Å²) in [6.45, 7) is 1.39. The van der Waals surface area contributed by atoms with Crippen LogP contribution in [-0.2, 0) is 14.3 Å². The molecule has 0 spiro atoms. The standard InChI is InChI=1S/C21H16FN3O5S/c1-13(30-19(26)10-9-14-5-2-3-8-17(14)22)20(27)24-21-23-18(12-31-21)15-6-4-7-16(11-15)25(28)29/h2-13H,1H3,(H,23,24,27)/b10-9+. The van der Waals surface area contributed by atoms with Crippen LogP contribution < -0.4 is 5.32 Å². The molecule has 1 amide bonds. The molecule has 1 unspecified atom stereocenters. The molecule has 0 fully saturated rings. The predicted octanol–water partition coefficient (Wildman–Crippen LogP) is 4.44. The molecule has 1 aromatic heterocycles. The Morgan fingerprint density at radius 3 is 2.77 bits per heavy atom. The van der Waals surface area contributed by atoms with Gasteiger partial charge in [-0.1, -0.05) is 30.3 Å². The molecular formula is C21H16FN3O5S. The third kappa shape index (κ3) is 5.80. The van der Waals surface area contributed by atoms with Crippen molar-refractivity contribution in [3.63, 3.8) is 0 Å². The van der Waals surface area contributed by atoms with Gasteiger partial charge in [0.05, 0.1) is 10.6 Å². The average molecular weight is 441 g/mol. The number of nitro benzene ring substituents is 1. The Morgan fingerprint density at radius 1 is 1.26 bits per heavy atom. The quantitative estimate of drug-likeness (QED) is 0.251. The summed E-state index contributed by atoms with van der Waals surface area (Å²) in [5, 5.41) is 15.3. The lowest BCUT2D eigenvalue weighted by Gasteiger charge is -2.10. The highest BCUT2D eigenvalue weighted by Crippen LogP contribution is 2.27. The van der Waals surface area contributed by atoms with Gasteiger partial charge in [-0.05, 0) is 19.1 Å². The normalized spacial score (nSPS) is 11.8. The molecule has 1 heterocycles. The van der Waals surface area contributed by atoms with Crippen LogP contribution in [-0.4, -0.2) is 27.9 Å². The fourth-order valence-corrected chi connectivity index (χ4v) is 3.21. The Morgan fingerprint density at radius 2 is 2.03 bits per heavy atom. The Labute approximate surface area is 180 Å². The van der Waals surface area contributed by atoms with Crippen LogP contribution in [0.2, 0.25) is 0 Å². The first-order valence-corrected chi connectivity index (χ1v) is 9.86. The minimum absolute atomic E-state index is 0.0694. The van der Waals surface area contributed by atoms with E-state index in [4.69, 9.17) is 4.74 Å². The minimum Gasteiger partial charge on any atom is -0.449 e. The second kappa shape index (κ2) is 9.72. The maximum Gasteiger partial charge on any atom is 0.331 e. The zero-order valence-electron chi connectivity index (χ0n) is 16.2. The van der Waals surface area contributed by atoms with Crippen molar-refractivity contribution >= 4 is 40.1 Å². The summed E-state index contributed by atoms with van der Waals surface area (Å²) in [5.74, 6) is -1.89. The number of nitro groups is 1. The van der Waals surface area contributed by atoms with Crippen LogP contribution in [0.25, 0.3) is 17.3 Å². The molecule has 10 heteroatoms. The Bertz CT molecular complexity index is 1160. The molecule has 8 nitrogen and oxygen atoms in total. The molecular weight excluding hydrogens is 425 g/mol. The Hall–Kier alpha value is -3.92. The fourth-order valence-electron chi connectivity index (χ4n) is 2.48. The summed E-state index contributed by atoms with van der Waals surface area (Å²) in [5.41, 5.74) is 1.14. The van der Waals surface area contributed by atoms with E-state index in [0.717, 1.165) is 17.4 Å². The zero-order chi connectivity index (χ0) is 22.4. The number of amides is 1. The highest BCUT2D eigenvalue weighted by Gasteiger charge is 2.18. The van der Waals surface area contributed by atoms with E-state index in [9.17, 15) is 24.1 Å². The lowest BCUT2D eigenvalue weighted by atomic mass is 10.1. The topological polar surface area (TPSA) is 111 Å². The molecule has 0 radical (unpaired) electrons. The van der Waals surface area contributed by atoms with Crippen molar-refractivity contribution in [1.82, 2.24) is 4.98 Å². The molecule has 0 saturated carbocycles. The Balaban J connectivity index is 1.59. The molecule has 3 rings (SSSR count). The third-order valence-electron chi connectivity index (χ3n) is 4.05. The minimum atomic E-state index is -1.12. The number of halogens is 1. The maximum atomic E-state index is 13.6. The van der Waals surface area contributed by atoms with Crippen LogP contribution >= 0.6 is 11.3 Å². The second-order valence-corrected chi connectivity index (χ2v) is 7.13. The summed E-state index contributed by atoms with van der Waals surface area (Å²) < 4.78 is 18.6. The fraction of sp³-hybridized carbons (Fsp3) is 0.0952. The van der Waals surface area contributed by atoms with Gasteiger partial charge in [0, 0.05) is 34.7 Å². The lowest BCUT2D eigenvalue weighted by Crippen LogP contribution is -2.29. The van der Waals surface area contributed by atoms with Gasteiger partial charge in [-0.25, -0.2) is 14.2 Å². The average Bonchev–Trinajstić information content (AvgIpc) is 3.21. The van der Waals surface area contributed by atoms with Crippen LogP contribution in [0.4, 0.5) is 15.2 Å². The number of non-ortho nitro benzene ring substituents is 1. The van der Waals surface area contributed by atoms with Gasteiger partial charge in [0.1, 0.15) is 5.82 Å². The summed E-state index contributed by atoms with van der Waals surface area (Å²) in [4.78, 5) is 38.8. The van der Waals surface area contributed by atoms with Gasteiger partial charge < -0.3 is 4.74 Å². The van der Waals surface area contributed by atoms with Crippen molar-refractivity contribution in [2.45, 2.75) is 13.0 Å². The number of carbonyl (C=O) groups is 2. The maximum absolute atomic E-state index is 13.6. The summed E-state index contributed by atoms with van der Waals surface area (Å²) in [7, 11) is 0. The number of nitrogens with one attached hydrogen (secondary N) is 1. The van der Waals surface area contributed by atoms with Gasteiger partial charge in [-0.3, -0.25) is 20.2 Å². The van der Waals surface area contributed by atoms with Crippen LogP contribution in [0.1, 0.15) is 12.5 Å². The van der Waals surface area contributed by atoms with E-state index < -0.39 is 28.7 Å². The molecule has 1 atom stereocenters. The number of nitrogens with zero attached hydrogens (tertiary/aromatic N) is 2. The highest BCUT2D eigenvalue weighted by molar-refractivity contribution is 7.14. The first kappa shape index (κ1) is 21.8. The number of carbonyl (C=O) groups excluding carboxylic acids is 2. The first-order valence-electron chi connectivity index (χ1n) is 8.98. The largest absolute Gasteiger partial charge is 0.449 e. The van der Waals surface area contributed by atoms with Crippen LogP contribution in [0.5, 0.6) is 0 Å². The Kier molecular flexibility index (Phi) is 6.83. The van der Waals surface area contributed by atoms with Gasteiger partial charge in [0.2, 0.25) is 0 Å². The lowest BCUT2D eigenvalue weighted by molar-refractivity contribution is -0.384. The zero-order valence-corrected chi connectivity index (χ0v) is 17.0. The van der Waals surface area contributed by atoms with Gasteiger partial charge in [0.15, 0.2) is 11.2 Å². The monoisotopic (exact) mass is 441 g/mol. The van der Waals surface area contributed by atoms with E-state index in [1.165, 1.54) is 43.3 Å². The number of ether oxygens (including phenoxy) is 1. The van der Waals surface area contributed by atoms with E-state index in [2.05, 4.69) is 10.3 Å². The van der Waals surface area contributed by atoms with E-state index in [-0.39, 0.29) is 16.4 Å². The molecule has 2 aromatic carbocycles. The molecule has 158 valence electrons. The molecule has 0 aliphatic heterocycles. The number of rotatable bonds is 7. The third-order valence-corrected chi connectivity index (χ3v) is 4.81. The number of aromatic nitrogens is 1. The van der Waals surface area contributed by atoms with E-state index in [0.29, 0.717) is 11.3 Å². The van der Waals surface area contributed by atoms with Crippen molar-refractivity contribution in [3.8, 4) is 11.3 Å². The summed E-state index contributed by atoms with van der Waals surface area (Å²) in [6, 6.07) is 11.9.